The molecule has 178 valence electrons. The van der Waals surface area contributed by atoms with E-state index >= 15 is 0 Å². The van der Waals surface area contributed by atoms with E-state index in [1.165, 1.54) is 14.0 Å². The molecule has 2 aromatic carbocycles. The lowest BCUT2D eigenvalue weighted by Crippen LogP contribution is -2.10. The molecule has 1 heterocycles. The summed E-state index contributed by atoms with van der Waals surface area (Å²) in [7, 11) is 1.51. The largest absolute Gasteiger partial charge is 0.490 e. The average Bonchev–Trinajstić information content (AvgIpc) is 3.18. The second kappa shape index (κ2) is 11.8. The summed E-state index contributed by atoms with van der Waals surface area (Å²) in [6, 6.07) is 10.9. The van der Waals surface area contributed by atoms with Crippen LogP contribution in [-0.4, -0.2) is 50.2 Å². The van der Waals surface area contributed by atoms with Crippen molar-refractivity contribution in [3.8, 4) is 29.0 Å². The molecular weight excluding hydrogens is 438 g/mol. The average molecular weight is 466 g/mol. The number of carbonyl (C=O) groups excluding carboxylic acids is 2. The van der Waals surface area contributed by atoms with Crippen LogP contribution in [-0.2, 0) is 19.0 Å². The van der Waals surface area contributed by atoms with E-state index in [0.29, 0.717) is 17.1 Å². The van der Waals surface area contributed by atoms with E-state index in [2.05, 4.69) is 11.8 Å². The van der Waals surface area contributed by atoms with Crippen LogP contribution in [0.4, 0.5) is 0 Å². The molecule has 0 aliphatic carbocycles. The van der Waals surface area contributed by atoms with Gasteiger partial charge >= 0.3 is 11.9 Å². The summed E-state index contributed by atoms with van der Waals surface area (Å²) < 4.78 is 28.4. The number of nitrogens with zero attached hydrogens (tertiary/aromatic N) is 1. The van der Waals surface area contributed by atoms with Gasteiger partial charge in [0.25, 0.3) is 0 Å². The number of carbonyl (C=O) groups is 2. The number of benzene rings is 2. The van der Waals surface area contributed by atoms with Crippen molar-refractivity contribution in [3.05, 3.63) is 53.7 Å². The van der Waals surface area contributed by atoms with Gasteiger partial charge in [-0.25, -0.2) is 4.79 Å². The van der Waals surface area contributed by atoms with Crippen LogP contribution >= 0.6 is 0 Å². The molecule has 1 aromatic heterocycles. The van der Waals surface area contributed by atoms with Gasteiger partial charge in [0.05, 0.1) is 17.7 Å². The molecule has 0 amide bonds. The van der Waals surface area contributed by atoms with Crippen molar-refractivity contribution in [2.24, 2.45) is 0 Å². The number of esters is 2. The normalized spacial score (nSPS) is 10.4. The van der Waals surface area contributed by atoms with Crippen LogP contribution in [0.2, 0.25) is 0 Å². The van der Waals surface area contributed by atoms with Crippen molar-refractivity contribution < 1.29 is 33.3 Å². The lowest BCUT2D eigenvalue weighted by molar-refractivity contribution is -0.141. The van der Waals surface area contributed by atoms with E-state index in [4.69, 9.17) is 23.7 Å². The minimum atomic E-state index is -0.467. The van der Waals surface area contributed by atoms with Gasteiger partial charge in [0.1, 0.15) is 30.3 Å². The Morgan fingerprint density at radius 3 is 2.56 bits per heavy atom. The summed E-state index contributed by atoms with van der Waals surface area (Å²) in [4.78, 5) is 23.3. The highest BCUT2D eigenvalue weighted by molar-refractivity contribution is 5.93. The molecule has 0 atom stereocenters. The Kier molecular flexibility index (Phi) is 8.54. The summed E-state index contributed by atoms with van der Waals surface area (Å²) in [5.41, 5.74) is 2.80. The Morgan fingerprint density at radius 2 is 1.85 bits per heavy atom. The molecule has 0 aliphatic heterocycles. The summed E-state index contributed by atoms with van der Waals surface area (Å²) in [5.74, 6) is 6.24. The third-order valence-corrected chi connectivity index (χ3v) is 4.76. The van der Waals surface area contributed by atoms with Gasteiger partial charge in [0, 0.05) is 37.4 Å². The van der Waals surface area contributed by atoms with Crippen molar-refractivity contribution in [2.75, 3.05) is 33.7 Å². The van der Waals surface area contributed by atoms with E-state index in [1.807, 2.05) is 35.0 Å². The van der Waals surface area contributed by atoms with Gasteiger partial charge in [0.15, 0.2) is 6.79 Å². The monoisotopic (exact) mass is 465 g/mol. The van der Waals surface area contributed by atoms with E-state index < -0.39 is 5.97 Å². The Morgan fingerprint density at radius 1 is 1.03 bits per heavy atom. The molecule has 0 spiro atoms. The zero-order valence-electron chi connectivity index (χ0n) is 19.7. The fraction of sp³-hybridized carbons (Fsp3) is 0.308. The molecule has 0 bridgehead atoms. The van der Waals surface area contributed by atoms with Gasteiger partial charge in [-0.1, -0.05) is 5.92 Å². The molecule has 3 rings (SSSR count). The number of methoxy groups -OCH3 is 1. The van der Waals surface area contributed by atoms with Gasteiger partial charge in [-0.05, 0) is 44.2 Å². The molecular formula is C26H27NO7. The van der Waals surface area contributed by atoms with Crippen molar-refractivity contribution in [2.45, 2.75) is 20.8 Å². The molecule has 0 aliphatic rings. The fourth-order valence-corrected chi connectivity index (χ4v) is 3.37. The van der Waals surface area contributed by atoms with Gasteiger partial charge in [-0.2, -0.15) is 0 Å². The Hall–Kier alpha value is -3.96. The zero-order valence-corrected chi connectivity index (χ0v) is 19.7. The van der Waals surface area contributed by atoms with Crippen LogP contribution in [0.25, 0.3) is 16.6 Å². The number of ether oxygens (including phenoxy) is 5. The predicted molar refractivity (Wildman–Crippen MR) is 126 cm³/mol. The van der Waals surface area contributed by atoms with Gasteiger partial charge in [0.2, 0.25) is 0 Å². The van der Waals surface area contributed by atoms with Gasteiger partial charge in [-0.15, -0.1) is 5.92 Å². The molecule has 0 radical (unpaired) electrons. The van der Waals surface area contributed by atoms with Crippen LogP contribution in [0.5, 0.6) is 11.5 Å². The maximum absolute atomic E-state index is 12.4. The Balaban J connectivity index is 2.00. The van der Waals surface area contributed by atoms with Crippen LogP contribution in [0, 0.1) is 11.8 Å². The highest BCUT2D eigenvalue weighted by Crippen LogP contribution is 2.31. The maximum atomic E-state index is 12.4. The third-order valence-electron chi connectivity index (χ3n) is 4.76. The highest BCUT2D eigenvalue weighted by Gasteiger charge is 2.17. The molecule has 8 heteroatoms. The van der Waals surface area contributed by atoms with Crippen LogP contribution in [0.15, 0.2) is 42.6 Å². The molecule has 0 N–H and O–H groups in total. The van der Waals surface area contributed by atoms with Crippen molar-refractivity contribution in [1.82, 2.24) is 4.57 Å². The molecule has 34 heavy (non-hydrogen) atoms. The number of rotatable bonds is 10. The third kappa shape index (κ3) is 5.88. The second-order valence-corrected chi connectivity index (χ2v) is 7.11. The number of hydrogen-bond acceptors (Lipinski definition) is 7. The quantitative estimate of drug-likeness (QED) is 0.193. The second-order valence-electron chi connectivity index (χ2n) is 7.11. The van der Waals surface area contributed by atoms with Crippen molar-refractivity contribution >= 4 is 22.8 Å². The summed E-state index contributed by atoms with van der Waals surface area (Å²) in [6.07, 6.45) is 1.92. The van der Waals surface area contributed by atoms with Crippen LogP contribution in [0.1, 0.15) is 36.7 Å². The number of aromatic nitrogens is 1. The number of hydrogen-bond donors (Lipinski definition) is 0. The first-order chi connectivity index (χ1) is 16.5. The van der Waals surface area contributed by atoms with Crippen molar-refractivity contribution in [3.63, 3.8) is 0 Å². The highest BCUT2D eigenvalue weighted by atomic mass is 16.7. The first kappa shape index (κ1) is 24.7. The summed E-state index contributed by atoms with van der Waals surface area (Å²) in [6.45, 7) is 5.55. The van der Waals surface area contributed by atoms with E-state index in [1.54, 1.807) is 26.0 Å². The fourth-order valence-electron chi connectivity index (χ4n) is 3.37. The lowest BCUT2D eigenvalue weighted by Gasteiger charge is -2.13. The van der Waals surface area contributed by atoms with Crippen LogP contribution < -0.4 is 9.47 Å². The molecule has 0 unspecified atom stereocenters. The molecule has 8 nitrogen and oxygen atoms in total. The van der Waals surface area contributed by atoms with Gasteiger partial charge in [-0.3, -0.25) is 4.79 Å². The molecule has 0 saturated heterocycles. The van der Waals surface area contributed by atoms with E-state index in [-0.39, 0.29) is 32.6 Å². The molecule has 0 saturated carbocycles. The Bertz CT molecular complexity index is 1230. The SMILES string of the molecule is CC#Cc1cn(-c2ccc(C(=O)OCC)c(OCOC)c2)c2ccc(OCCOC(C)=O)cc12. The first-order valence-electron chi connectivity index (χ1n) is 10.8. The topological polar surface area (TPSA) is 85.2 Å². The van der Waals surface area contributed by atoms with Gasteiger partial charge < -0.3 is 28.3 Å². The smallest absolute Gasteiger partial charge is 0.341 e. The minimum Gasteiger partial charge on any atom is -0.490 e. The van der Waals surface area contributed by atoms with E-state index in [0.717, 1.165) is 22.2 Å². The first-order valence-corrected chi connectivity index (χ1v) is 10.8. The lowest BCUT2D eigenvalue weighted by atomic mass is 10.1. The zero-order chi connectivity index (χ0) is 24.5. The summed E-state index contributed by atoms with van der Waals surface area (Å²) in [5, 5.41) is 0.896. The predicted octanol–water partition coefficient (Wildman–Crippen LogP) is 4.10. The minimum absolute atomic E-state index is 0.0110. The van der Waals surface area contributed by atoms with Crippen molar-refractivity contribution in [1.29, 1.82) is 0 Å². The Labute approximate surface area is 198 Å². The number of fused-ring (bicyclic) bond motifs is 1. The molecule has 3 aromatic rings. The standard InChI is InChI=1S/C26H27NO7/c1-5-7-19-16-27(24-11-9-21(15-23(19)24)33-13-12-32-18(3)28)20-8-10-22(26(29)31-6-2)25(14-20)34-17-30-4/h8-11,14-16H,6,12-13,17H2,1-4H3. The summed E-state index contributed by atoms with van der Waals surface area (Å²) >= 11 is 0. The van der Waals surface area contributed by atoms with E-state index in [9.17, 15) is 9.59 Å². The molecule has 0 fully saturated rings. The maximum Gasteiger partial charge on any atom is 0.341 e. The van der Waals surface area contributed by atoms with Crippen LogP contribution in [0.3, 0.4) is 0 Å².